The van der Waals surface area contributed by atoms with E-state index in [9.17, 15) is 0 Å². The summed E-state index contributed by atoms with van der Waals surface area (Å²) in [6, 6.07) is 25.1. The second kappa shape index (κ2) is 7.77. The Bertz CT molecular complexity index is 981. The lowest BCUT2D eigenvalue weighted by molar-refractivity contribution is 0.354. The molecule has 142 valence electrons. The zero-order valence-electron chi connectivity index (χ0n) is 16.4. The Morgan fingerprint density at radius 2 is 1.57 bits per heavy atom. The van der Waals surface area contributed by atoms with Crippen molar-refractivity contribution < 1.29 is 9.47 Å². The predicted molar refractivity (Wildman–Crippen MR) is 114 cm³/mol. The molecule has 3 aromatic carbocycles. The molecule has 1 heterocycles. The molecule has 0 saturated carbocycles. The van der Waals surface area contributed by atoms with Crippen molar-refractivity contribution in [3.05, 3.63) is 89.5 Å². The third-order valence-electron chi connectivity index (χ3n) is 5.11. The number of anilines is 1. The van der Waals surface area contributed by atoms with Gasteiger partial charge in [0.25, 0.3) is 0 Å². The maximum Gasteiger partial charge on any atom is 0.161 e. The number of hydrogen-bond acceptors (Lipinski definition) is 4. The Labute approximate surface area is 166 Å². The summed E-state index contributed by atoms with van der Waals surface area (Å²) in [7, 11) is 3.32. The van der Waals surface area contributed by atoms with Gasteiger partial charge in [0, 0.05) is 6.42 Å². The fraction of sp³-hybridized carbons (Fsp3) is 0.208. The minimum Gasteiger partial charge on any atom is -0.493 e. The summed E-state index contributed by atoms with van der Waals surface area (Å²) in [6.45, 7) is 2.10. The van der Waals surface area contributed by atoms with Crippen LogP contribution >= 0.6 is 0 Å². The van der Waals surface area contributed by atoms with E-state index in [1.807, 2.05) is 30.3 Å². The van der Waals surface area contributed by atoms with Gasteiger partial charge < -0.3 is 9.47 Å². The van der Waals surface area contributed by atoms with Crippen LogP contribution < -0.4 is 14.5 Å². The zero-order valence-corrected chi connectivity index (χ0v) is 16.4. The first-order valence-corrected chi connectivity index (χ1v) is 9.40. The second-order valence-electron chi connectivity index (χ2n) is 6.93. The summed E-state index contributed by atoms with van der Waals surface area (Å²) in [5.41, 5.74) is 5.72. The van der Waals surface area contributed by atoms with Crippen LogP contribution in [0.1, 0.15) is 29.2 Å². The summed E-state index contributed by atoms with van der Waals surface area (Å²) in [5.74, 6) is 1.46. The number of ether oxygens (including phenoxy) is 2. The molecule has 1 aliphatic heterocycles. The SMILES string of the molecule is COc1ccc(C2CC(c3ccc(C)cc3)=NN2c2ccccc2)cc1OC. The van der Waals surface area contributed by atoms with Crippen LogP contribution in [0.25, 0.3) is 0 Å². The molecule has 0 aromatic heterocycles. The number of aryl methyl sites for hydroxylation is 1. The average molecular weight is 372 g/mol. The molecule has 0 aliphatic carbocycles. The highest BCUT2D eigenvalue weighted by Crippen LogP contribution is 2.39. The Hall–Kier alpha value is -3.27. The van der Waals surface area contributed by atoms with Crippen molar-refractivity contribution in [2.24, 2.45) is 5.10 Å². The van der Waals surface area contributed by atoms with Crippen LogP contribution in [0.4, 0.5) is 5.69 Å². The number of para-hydroxylation sites is 1. The maximum atomic E-state index is 5.52. The van der Waals surface area contributed by atoms with E-state index in [2.05, 4.69) is 54.4 Å². The highest BCUT2D eigenvalue weighted by atomic mass is 16.5. The zero-order chi connectivity index (χ0) is 19.5. The summed E-state index contributed by atoms with van der Waals surface area (Å²) in [5, 5.41) is 7.10. The number of hydrazone groups is 1. The average Bonchev–Trinajstić information content (AvgIpc) is 3.20. The molecular weight excluding hydrogens is 348 g/mol. The van der Waals surface area contributed by atoms with Gasteiger partial charge in [0.1, 0.15) is 0 Å². The van der Waals surface area contributed by atoms with E-state index in [-0.39, 0.29) is 6.04 Å². The fourth-order valence-corrected chi connectivity index (χ4v) is 3.57. The summed E-state index contributed by atoms with van der Waals surface area (Å²) in [6.07, 6.45) is 0.827. The van der Waals surface area contributed by atoms with Crippen molar-refractivity contribution in [2.45, 2.75) is 19.4 Å². The highest BCUT2D eigenvalue weighted by Gasteiger charge is 2.30. The molecule has 4 rings (SSSR count). The predicted octanol–water partition coefficient (Wildman–Crippen LogP) is 5.37. The van der Waals surface area contributed by atoms with E-state index in [1.54, 1.807) is 14.2 Å². The van der Waals surface area contributed by atoms with E-state index in [0.717, 1.165) is 40.4 Å². The van der Waals surface area contributed by atoms with Crippen molar-refractivity contribution in [3.8, 4) is 11.5 Å². The molecule has 1 unspecified atom stereocenters. The lowest BCUT2D eigenvalue weighted by atomic mass is 9.97. The van der Waals surface area contributed by atoms with E-state index >= 15 is 0 Å². The van der Waals surface area contributed by atoms with Crippen LogP contribution in [0.3, 0.4) is 0 Å². The molecular formula is C24H24N2O2. The Morgan fingerprint density at radius 1 is 0.857 bits per heavy atom. The van der Waals surface area contributed by atoms with Gasteiger partial charge in [-0.25, -0.2) is 0 Å². The van der Waals surface area contributed by atoms with Gasteiger partial charge >= 0.3 is 0 Å². The van der Waals surface area contributed by atoms with Crippen molar-refractivity contribution in [1.82, 2.24) is 0 Å². The number of rotatable bonds is 5. The summed E-state index contributed by atoms with van der Waals surface area (Å²) >= 11 is 0. The molecule has 0 saturated heterocycles. The van der Waals surface area contributed by atoms with Crippen LogP contribution in [-0.4, -0.2) is 19.9 Å². The molecule has 4 nitrogen and oxygen atoms in total. The topological polar surface area (TPSA) is 34.1 Å². The van der Waals surface area contributed by atoms with Gasteiger partial charge in [0.15, 0.2) is 11.5 Å². The summed E-state index contributed by atoms with van der Waals surface area (Å²) in [4.78, 5) is 0. The highest BCUT2D eigenvalue weighted by molar-refractivity contribution is 6.03. The van der Waals surface area contributed by atoms with Crippen LogP contribution in [0, 0.1) is 6.92 Å². The molecule has 28 heavy (non-hydrogen) atoms. The first-order valence-electron chi connectivity index (χ1n) is 9.40. The summed E-state index contributed by atoms with van der Waals surface area (Å²) < 4.78 is 10.9. The largest absolute Gasteiger partial charge is 0.493 e. The second-order valence-corrected chi connectivity index (χ2v) is 6.93. The first-order chi connectivity index (χ1) is 13.7. The van der Waals surface area contributed by atoms with Crippen molar-refractivity contribution >= 4 is 11.4 Å². The minimum absolute atomic E-state index is 0.0958. The van der Waals surface area contributed by atoms with Crippen molar-refractivity contribution in [2.75, 3.05) is 19.2 Å². The van der Waals surface area contributed by atoms with Crippen LogP contribution in [-0.2, 0) is 0 Å². The van der Waals surface area contributed by atoms with E-state index in [0.29, 0.717) is 0 Å². The quantitative estimate of drug-likeness (QED) is 0.604. The molecule has 0 fully saturated rings. The van der Waals surface area contributed by atoms with Crippen LogP contribution in [0.2, 0.25) is 0 Å². The Balaban J connectivity index is 1.74. The molecule has 0 spiro atoms. The van der Waals surface area contributed by atoms with E-state index in [4.69, 9.17) is 14.6 Å². The number of methoxy groups -OCH3 is 2. The molecule has 0 amide bonds. The Morgan fingerprint density at radius 3 is 2.25 bits per heavy atom. The Kier molecular flexibility index (Phi) is 5.02. The van der Waals surface area contributed by atoms with Gasteiger partial charge in [0.2, 0.25) is 0 Å². The molecule has 1 atom stereocenters. The molecule has 0 radical (unpaired) electrons. The fourth-order valence-electron chi connectivity index (χ4n) is 3.57. The number of nitrogens with zero attached hydrogens (tertiary/aromatic N) is 2. The normalized spacial score (nSPS) is 16.0. The molecule has 4 heteroatoms. The van der Waals surface area contributed by atoms with Crippen LogP contribution in [0.15, 0.2) is 77.9 Å². The smallest absolute Gasteiger partial charge is 0.161 e. The van der Waals surface area contributed by atoms with Gasteiger partial charge in [-0.1, -0.05) is 54.1 Å². The van der Waals surface area contributed by atoms with Crippen molar-refractivity contribution in [1.29, 1.82) is 0 Å². The van der Waals surface area contributed by atoms with E-state index < -0.39 is 0 Å². The number of hydrogen-bond donors (Lipinski definition) is 0. The lowest BCUT2D eigenvalue weighted by Crippen LogP contribution is -2.18. The lowest BCUT2D eigenvalue weighted by Gasteiger charge is -2.24. The van der Waals surface area contributed by atoms with Gasteiger partial charge in [0.05, 0.1) is 31.7 Å². The van der Waals surface area contributed by atoms with Gasteiger partial charge in [-0.15, -0.1) is 0 Å². The third kappa shape index (κ3) is 3.46. The monoisotopic (exact) mass is 372 g/mol. The van der Waals surface area contributed by atoms with Gasteiger partial charge in [-0.3, -0.25) is 5.01 Å². The van der Waals surface area contributed by atoms with Crippen LogP contribution in [0.5, 0.6) is 11.5 Å². The molecule has 0 bridgehead atoms. The first kappa shape index (κ1) is 18.1. The van der Waals surface area contributed by atoms with E-state index in [1.165, 1.54) is 5.56 Å². The maximum absolute atomic E-state index is 5.52. The number of benzene rings is 3. The molecule has 1 aliphatic rings. The molecule has 0 N–H and O–H groups in total. The standard InChI is InChI=1S/C24H24N2O2/c1-17-9-11-18(12-10-17)21-16-22(26(25-21)20-7-5-4-6-8-20)19-13-14-23(27-2)24(15-19)28-3/h4-15,22H,16H2,1-3H3. The minimum atomic E-state index is 0.0958. The molecule has 3 aromatic rings. The third-order valence-corrected chi connectivity index (χ3v) is 5.11. The van der Waals surface area contributed by atoms with Gasteiger partial charge in [-0.2, -0.15) is 5.10 Å². The van der Waals surface area contributed by atoms with Gasteiger partial charge in [-0.05, 0) is 42.3 Å². The van der Waals surface area contributed by atoms with Crippen molar-refractivity contribution in [3.63, 3.8) is 0 Å².